The van der Waals surface area contributed by atoms with Crippen molar-refractivity contribution in [3.05, 3.63) is 0 Å². The number of hydrogen-bond acceptors (Lipinski definition) is 2. The summed E-state index contributed by atoms with van der Waals surface area (Å²) in [5, 5.41) is 3.40. The van der Waals surface area contributed by atoms with Crippen molar-refractivity contribution in [1.29, 1.82) is 0 Å². The highest BCUT2D eigenvalue weighted by molar-refractivity contribution is 5.80. The van der Waals surface area contributed by atoms with Crippen LogP contribution >= 0.6 is 0 Å². The maximum absolute atomic E-state index is 11.1. The third-order valence-corrected chi connectivity index (χ3v) is 3.71. The van der Waals surface area contributed by atoms with Crippen molar-refractivity contribution in [3.8, 4) is 0 Å². The summed E-state index contributed by atoms with van der Waals surface area (Å²) in [5.74, 6) is 1.43. The monoisotopic (exact) mass is 226 g/mol. The van der Waals surface area contributed by atoms with E-state index in [4.69, 9.17) is 5.73 Å². The Morgan fingerprint density at radius 3 is 2.69 bits per heavy atom. The van der Waals surface area contributed by atoms with Crippen LogP contribution < -0.4 is 11.1 Å². The lowest BCUT2D eigenvalue weighted by Crippen LogP contribution is -2.42. The van der Waals surface area contributed by atoms with Gasteiger partial charge in [-0.3, -0.25) is 4.79 Å². The molecule has 94 valence electrons. The Morgan fingerprint density at radius 2 is 2.12 bits per heavy atom. The molecule has 1 aliphatic rings. The van der Waals surface area contributed by atoms with Crippen LogP contribution in [-0.2, 0) is 4.79 Å². The lowest BCUT2D eigenvalue weighted by atomic mass is 9.82. The smallest absolute Gasteiger partial charge is 0.224 e. The Balaban J connectivity index is 2.22. The Morgan fingerprint density at radius 1 is 1.44 bits per heavy atom. The first-order chi connectivity index (χ1) is 7.42. The second-order valence-electron chi connectivity index (χ2n) is 6.02. The Labute approximate surface area is 99.2 Å². The maximum atomic E-state index is 11.1. The van der Waals surface area contributed by atoms with Crippen LogP contribution in [0.4, 0.5) is 0 Å². The molecule has 1 aliphatic carbocycles. The summed E-state index contributed by atoms with van der Waals surface area (Å²) in [4.78, 5) is 11.1. The molecular formula is C13H26N2O. The second kappa shape index (κ2) is 5.67. The average Bonchev–Trinajstić information content (AvgIpc) is 2.17. The molecule has 0 aliphatic heterocycles. The van der Waals surface area contributed by atoms with Gasteiger partial charge in [0.25, 0.3) is 0 Å². The van der Waals surface area contributed by atoms with Crippen molar-refractivity contribution >= 4 is 5.91 Å². The minimum absolute atomic E-state index is 0.225. The first kappa shape index (κ1) is 13.5. The molecule has 0 heterocycles. The summed E-state index contributed by atoms with van der Waals surface area (Å²) in [5.41, 5.74) is 4.90. The first-order valence-electron chi connectivity index (χ1n) is 6.42. The highest BCUT2D eigenvalue weighted by Gasteiger charge is 2.25. The summed E-state index contributed by atoms with van der Waals surface area (Å²) in [6.45, 7) is 7.84. The molecular weight excluding hydrogens is 200 g/mol. The van der Waals surface area contributed by atoms with Crippen LogP contribution in [0.25, 0.3) is 0 Å². The molecule has 0 aromatic heterocycles. The SMILES string of the molecule is CC1CCCC(CNCC(C)(C)C(N)=O)C1. The van der Waals surface area contributed by atoms with Crippen LogP contribution in [0, 0.1) is 17.3 Å². The first-order valence-corrected chi connectivity index (χ1v) is 6.42. The van der Waals surface area contributed by atoms with Gasteiger partial charge in [-0.2, -0.15) is 0 Å². The van der Waals surface area contributed by atoms with Crippen molar-refractivity contribution in [1.82, 2.24) is 5.32 Å². The van der Waals surface area contributed by atoms with E-state index in [0.29, 0.717) is 6.54 Å². The lowest BCUT2D eigenvalue weighted by Gasteiger charge is -2.28. The van der Waals surface area contributed by atoms with Crippen molar-refractivity contribution < 1.29 is 4.79 Å². The van der Waals surface area contributed by atoms with Gasteiger partial charge in [0.15, 0.2) is 0 Å². The predicted octanol–water partition coefficient (Wildman–Crippen LogP) is 1.91. The largest absolute Gasteiger partial charge is 0.369 e. The average molecular weight is 226 g/mol. The van der Waals surface area contributed by atoms with Gasteiger partial charge in [-0.05, 0) is 45.1 Å². The number of nitrogens with two attached hydrogens (primary N) is 1. The van der Waals surface area contributed by atoms with Crippen LogP contribution in [0.15, 0.2) is 0 Å². The third kappa shape index (κ3) is 4.12. The van der Waals surface area contributed by atoms with Crippen LogP contribution in [0.1, 0.15) is 46.5 Å². The summed E-state index contributed by atoms with van der Waals surface area (Å²) in [6.07, 6.45) is 5.38. The number of hydrogen-bond donors (Lipinski definition) is 2. The summed E-state index contributed by atoms with van der Waals surface area (Å²) < 4.78 is 0. The van der Waals surface area contributed by atoms with Gasteiger partial charge < -0.3 is 11.1 Å². The van der Waals surface area contributed by atoms with E-state index < -0.39 is 5.41 Å². The van der Waals surface area contributed by atoms with Crippen LogP contribution in [0.3, 0.4) is 0 Å². The highest BCUT2D eigenvalue weighted by atomic mass is 16.1. The molecule has 16 heavy (non-hydrogen) atoms. The van der Waals surface area contributed by atoms with Gasteiger partial charge in [-0.25, -0.2) is 0 Å². The zero-order chi connectivity index (χ0) is 12.2. The molecule has 2 atom stereocenters. The zero-order valence-corrected chi connectivity index (χ0v) is 10.9. The van der Waals surface area contributed by atoms with Gasteiger partial charge in [0.1, 0.15) is 0 Å². The quantitative estimate of drug-likeness (QED) is 0.752. The molecule has 0 aromatic rings. The summed E-state index contributed by atoms with van der Waals surface area (Å²) in [7, 11) is 0. The third-order valence-electron chi connectivity index (χ3n) is 3.71. The van der Waals surface area contributed by atoms with E-state index in [9.17, 15) is 4.79 Å². The number of rotatable bonds is 5. The molecule has 1 amide bonds. The molecule has 1 rings (SSSR count). The predicted molar refractivity (Wildman–Crippen MR) is 67.0 cm³/mol. The second-order valence-corrected chi connectivity index (χ2v) is 6.02. The van der Waals surface area contributed by atoms with Gasteiger partial charge in [-0.1, -0.05) is 19.8 Å². The molecule has 2 unspecified atom stereocenters. The lowest BCUT2D eigenvalue weighted by molar-refractivity contribution is -0.125. The standard InChI is InChI=1S/C13H26N2O/c1-10-5-4-6-11(7-10)8-15-9-13(2,3)12(14)16/h10-11,15H,4-9H2,1-3H3,(H2,14,16). The number of nitrogens with one attached hydrogen (secondary N) is 1. The Bertz CT molecular complexity index is 238. The number of primary amides is 1. The molecule has 3 heteroatoms. The van der Waals surface area contributed by atoms with Crippen LogP contribution in [0.2, 0.25) is 0 Å². The van der Waals surface area contributed by atoms with E-state index in [2.05, 4.69) is 12.2 Å². The summed E-state index contributed by atoms with van der Waals surface area (Å²) in [6, 6.07) is 0. The molecule has 1 fully saturated rings. The van der Waals surface area contributed by atoms with Gasteiger partial charge in [-0.15, -0.1) is 0 Å². The number of amides is 1. The Hall–Kier alpha value is -0.570. The molecule has 3 N–H and O–H groups in total. The van der Waals surface area contributed by atoms with E-state index in [1.807, 2.05) is 13.8 Å². The molecule has 0 aromatic carbocycles. The topological polar surface area (TPSA) is 55.1 Å². The van der Waals surface area contributed by atoms with E-state index in [0.717, 1.165) is 18.4 Å². The number of carbonyl (C=O) groups is 1. The van der Waals surface area contributed by atoms with Crippen molar-refractivity contribution in [2.45, 2.75) is 46.5 Å². The molecule has 0 saturated heterocycles. The summed E-state index contributed by atoms with van der Waals surface area (Å²) >= 11 is 0. The van der Waals surface area contributed by atoms with Crippen LogP contribution in [-0.4, -0.2) is 19.0 Å². The molecule has 0 spiro atoms. The van der Waals surface area contributed by atoms with Crippen molar-refractivity contribution in [3.63, 3.8) is 0 Å². The van der Waals surface area contributed by atoms with E-state index in [1.54, 1.807) is 0 Å². The van der Waals surface area contributed by atoms with E-state index in [-0.39, 0.29) is 5.91 Å². The molecule has 1 saturated carbocycles. The normalized spacial score (nSPS) is 26.7. The Kier molecular flexibility index (Phi) is 4.78. The molecule has 3 nitrogen and oxygen atoms in total. The highest BCUT2D eigenvalue weighted by Crippen LogP contribution is 2.28. The fourth-order valence-electron chi connectivity index (χ4n) is 2.42. The van der Waals surface area contributed by atoms with Crippen LogP contribution in [0.5, 0.6) is 0 Å². The molecule has 0 bridgehead atoms. The maximum Gasteiger partial charge on any atom is 0.224 e. The van der Waals surface area contributed by atoms with Gasteiger partial charge in [0.05, 0.1) is 5.41 Å². The van der Waals surface area contributed by atoms with E-state index in [1.165, 1.54) is 25.7 Å². The van der Waals surface area contributed by atoms with Gasteiger partial charge in [0.2, 0.25) is 5.91 Å². The van der Waals surface area contributed by atoms with Crippen molar-refractivity contribution in [2.24, 2.45) is 23.0 Å². The zero-order valence-electron chi connectivity index (χ0n) is 10.9. The van der Waals surface area contributed by atoms with Gasteiger partial charge in [0, 0.05) is 6.54 Å². The van der Waals surface area contributed by atoms with E-state index >= 15 is 0 Å². The van der Waals surface area contributed by atoms with Gasteiger partial charge >= 0.3 is 0 Å². The fraction of sp³-hybridized carbons (Fsp3) is 0.923. The number of carbonyl (C=O) groups excluding carboxylic acids is 1. The van der Waals surface area contributed by atoms with Crippen molar-refractivity contribution in [2.75, 3.05) is 13.1 Å². The molecule has 0 radical (unpaired) electrons. The minimum Gasteiger partial charge on any atom is -0.369 e. The minimum atomic E-state index is -0.430. The fourth-order valence-corrected chi connectivity index (χ4v) is 2.42.